The minimum absolute atomic E-state index is 0.0851. The summed E-state index contributed by atoms with van der Waals surface area (Å²) in [6.07, 6.45) is 0.502. The van der Waals surface area contributed by atoms with Crippen molar-refractivity contribution in [1.29, 1.82) is 0 Å². The number of hydrogen-bond acceptors (Lipinski definition) is 3. The van der Waals surface area contributed by atoms with Crippen molar-refractivity contribution in [2.45, 2.75) is 20.3 Å². The highest BCUT2D eigenvalue weighted by Gasteiger charge is 2.16. The molecule has 3 heteroatoms. The molecule has 1 fully saturated rings. The molecule has 0 unspecified atom stereocenters. The Bertz CT molecular complexity index is 186. The fraction of sp³-hybridized carbons (Fsp3) is 0.625. The van der Waals surface area contributed by atoms with E-state index in [1.165, 1.54) is 0 Å². The number of allylic oxidation sites excluding steroid dienone is 1. The van der Waals surface area contributed by atoms with Crippen molar-refractivity contribution in [3.8, 4) is 0 Å². The molecular weight excluding hydrogens is 144 g/mol. The highest BCUT2D eigenvalue weighted by Crippen LogP contribution is 2.14. The summed E-state index contributed by atoms with van der Waals surface area (Å²) in [6, 6.07) is 0. The number of hydrogen-bond donors (Lipinski definition) is 0. The van der Waals surface area contributed by atoms with Crippen LogP contribution in [0.15, 0.2) is 11.5 Å². The summed E-state index contributed by atoms with van der Waals surface area (Å²) < 4.78 is 10.1. The average molecular weight is 156 g/mol. The third-order valence-electron chi connectivity index (χ3n) is 1.60. The maximum Gasteiger partial charge on any atom is 0.286 e. The van der Waals surface area contributed by atoms with Gasteiger partial charge in [0.1, 0.15) is 13.2 Å². The summed E-state index contributed by atoms with van der Waals surface area (Å²) in [5.41, 5.74) is 0.602. The topological polar surface area (TPSA) is 35.5 Å². The minimum atomic E-state index is 0.0851. The van der Waals surface area contributed by atoms with Crippen LogP contribution in [0.25, 0.3) is 0 Å². The molecule has 1 heterocycles. The molecule has 0 atom stereocenters. The summed E-state index contributed by atoms with van der Waals surface area (Å²) in [5.74, 6) is 0.499. The van der Waals surface area contributed by atoms with Gasteiger partial charge in [0, 0.05) is 6.42 Å². The quantitative estimate of drug-likeness (QED) is 0.564. The first-order valence-corrected chi connectivity index (χ1v) is 3.75. The summed E-state index contributed by atoms with van der Waals surface area (Å²) >= 11 is 0. The largest absolute Gasteiger partial charge is 0.462 e. The van der Waals surface area contributed by atoms with Gasteiger partial charge in [0.15, 0.2) is 5.78 Å². The molecule has 0 aliphatic carbocycles. The second-order valence-electron chi connectivity index (χ2n) is 2.39. The van der Waals surface area contributed by atoms with Crippen LogP contribution in [0.3, 0.4) is 0 Å². The average Bonchev–Trinajstić information content (AvgIpc) is 2.53. The lowest BCUT2D eigenvalue weighted by Crippen LogP contribution is -2.01. The van der Waals surface area contributed by atoms with Crippen molar-refractivity contribution in [3.63, 3.8) is 0 Å². The molecule has 0 spiro atoms. The molecule has 0 aromatic rings. The number of rotatable bonds is 2. The maximum absolute atomic E-state index is 11.1. The van der Waals surface area contributed by atoms with Crippen LogP contribution in [-0.2, 0) is 14.3 Å². The Morgan fingerprint density at radius 2 is 2.00 bits per heavy atom. The van der Waals surface area contributed by atoms with Crippen LogP contribution in [0.4, 0.5) is 0 Å². The van der Waals surface area contributed by atoms with Gasteiger partial charge in [-0.3, -0.25) is 4.79 Å². The zero-order valence-corrected chi connectivity index (χ0v) is 6.85. The maximum atomic E-state index is 11.1. The van der Waals surface area contributed by atoms with E-state index < -0.39 is 0 Å². The molecule has 0 amide bonds. The molecule has 0 saturated carbocycles. The van der Waals surface area contributed by atoms with E-state index in [1.54, 1.807) is 6.92 Å². The van der Waals surface area contributed by atoms with Gasteiger partial charge in [0.2, 0.25) is 0 Å². The monoisotopic (exact) mass is 156 g/mol. The normalized spacial score (nSPS) is 15.6. The van der Waals surface area contributed by atoms with Gasteiger partial charge in [-0.2, -0.15) is 0 Å². The Labute approximate surface area is 66.0 Å². The molecule has 0 aromatic carbocycles. The molecule has 0 bridgehead atoms. The van der Waals surface area contributed by atoms with Crippen LogP contribution in [0.5, 0.6) is 0 Å². The van der Waals surface area contributed by atoms with Crippen LogP contribution in [0.2, 0.25) is 0 Å². The lowest BCUT2D eigenvalue weighted by molar-refractivity contribution is -0.115. The van der Waals surface area contributed by atoms with Crippen LogP contribution >= 0.6 is 0 Å². The van der Waals surface area contributed by atoms with E-state index >= 15 is 0 Å². The van der Waals surface area contributed by atoms with Crippen LogP contribution in [-0.4, -0.2) is 19.0 Å². The highest BCUT2D eigenvalue weighted by atomic mass is 16.7. The van der Waals surface area contributed by atoms with E-state index in [4.69, 9.17) is 9.47 Å². The fourth-order valence-electron chi connectivity index (χ4n) is 0.906. The second-order valence-corrected chi connectivity index (χ2v) is 2.39. The van der Waals surface area contributed by atoms with E-state index in [0.717, 1.165) is 0 Å². The first-order chi connectivity index (χ1) is 5.25. The smallest absolute Gasteiger partial charge is 0.286 e. The van der Waals surface area contributed by atoms with Gasteiger partial charge >= 0.3 is 0 Å². The van der Waals surface area contributed by atoms with Crippen LogP contribution in [0.1, 0.15) is 20.3 Å². The van der Waals surface area contributed by atoms with Gasteiger partial charge in [0.05, 0.1) is 5.57 Å². The molecule has 0 radical (unpaired) electrons. The van der Waals surface area contributed by atoms with Crippen molar-refractivity contribution < 1.29 is 14.3 Å². The molecule has 0 N–H and O–H groups in total. The molecule has 1 aliphatic rings. The Hall–Kier alpha value is -0.990. The zero-order chi connectivity index (χ0) is 8.27. The standard InChI is InChI=1S/C8H12O3/c1-3-7(9)6(2)8-10-4-5-11-8/h3-5H2,1-2H3. The molecule has 11 heavy (non-hydrogen) atoms. The molecule has 1 aliphatic heterocycles. The van der Waals surface area contributed by atoms with Crippen molar-refractivity contribution in [2.75, 3.05) is 13.2 Å². The third kappa shape index (κ3) is 1.73. The predicted molar refractivity (Wildman–Crippen MR) is 39.9 cm³/mol. The molecule has 1 saturated heterocycles. The number of ether oxygens (including phenoxy) is 2. The Kier molecular flexibility index (Phi) is 2.52. The second kappa shape index (κ2) is 3.42. The fourth-order valence-corrected chi connectivity index (χ4v) is 0.906. The number of carbonyl (C=O) groups is 1. The predicted octanol–water partition coefficient (Wildman–Crippen LogP) is 1.24. The molecule has 1 rings (SSSR count). The Morgan fingerprint density at radius 1 is 1.45 bits per heavy atom. The minimum Gasteiger partial charge on any atom is -0.462 e. The van der Waals surface area contributed by atoms with E-state index in [-0.39, 0.29) is 5.78 Å². The summed E-state index contributed by atoms with van der Waals surface area (Å²) in [5, 5.41) is 0. The van der Waals surface area contributed by atoms with Gasteiger partial charge in [-0.25, -0.2) is 0 Å². The van der Waals surface area contributed by atoms with Gasteiger partial charge in [-0.05, 0) is 6.92 Å². The van der Waals surface area contributed by atoms with E-state index in [0.29, 0.717) is 31.2 Å². The lowest BCUT2D eigenvalue weighted by atomic mass is 10.2. The first-order valence-electron chi connectivity index (χ1n) is 3.75. The summed E-state index contributed by atoms with van der Waals surface area (Å²) in [6.45, 7) is 4.67. The lowest BCUT2D eigenvalue weighted by Gasteiger charge is -2.01. The molecule has 3 nitrogen and oxygen atoms in total. The SMILES string of the molecule is CCC(=O)C(C)=C1OCCO1. The molecule has 0 aromatic heterocycles. The van der Waals surface area contributed by atoms with Gasteiger partial charge in [-0.15, -0.1) is 0 Å². The van der Waals surface area contributed by atoms with Crippen LogP contribution in [0, 0.1) is 0 Å². The molecular formula is C8H12O3. The first kappa shape index (κ1) is 8.11. The number of ketones is 1. The Morgan fingerprint density at radius 3 is 2.45 bits per heavy atom. The van der Waals surface area contributed by atoms with Crippen molar-refractivity contribution in [2.24, 2.45) is 0 Å². The van der Waals surface area contributed by atoms with E-state index in [9.17, 15) is 4.79 Å². The van der Waals surface area contributed by atoms with Gasteiger partial charge in [-0.1, -0.05) is 6.92 Å². The van der Waals surface area contributed by atoms with Crippen molar-refractivity contribution >= 4 is 5.78 Å². The van der Waals surface area contributed by atoms with Gasteiger partial charge in [0.25, 0.3) is 5.95 Å². The summed E-state index contributed by atoms with van der Waals surface area (Å²) in [4.78, 5) is 11.1. The zero-order valence-electron chi connectivity index (χ0n) is 6.85. The molecule has 62 valence electrons. The number of carbonyl (C=O) groups excluding carboxylic acids is 1. The van der Waals surface area contributed by atoms with Crippen molar-refractivity contribution in [1.82, 2.24) is 0 Å². The van der Waals surface area contributed by atoms with Crippen molar-refractivity contribution in [3.05, 3.63) is 11.5 Å². The number of Topliss-reactive ketones (excluding diaryl/α,β-unsaturated/α-hetero) is 1. The van der Waals surface area contributed by atoms with E-state index in [1.807, 2.05) is 6.92 Å². The van der Waals surface area contributed by atoms with E-state index in [2.05, 4.69) is 0 Å². The van der Waals surface area contributed by atoms with Gasteiger partial charge < -0.3 is 9.47 Å². The third-order valence-corrected chi connectivity index (χ3v) is 1.60. The van der Waals surface area contributed by atoms with Crippen LogP contribution < -0.4 is 0 Å². The highest BCUT2D eigenvalue weighted by molar-refractivity contribution is 5.94. The Balaban J connectivity index is 2.69. The summed E-state index contributed by atoms with van der Waals surface area (Å²) in [7, 11) is 0.